The van der Waals surface area contributed by atoms with Gasteiger partial charge in [0.15, 0.2) is 0 Å². The lowest BCUT2D eigenvalue weighted by atomic mass is 10.3. The molecule has 0 aromatic heterocycles. The molecule has 1 aliphatic heterocycles. The first-order valence-corrected chi connectivity index (χ1v) is 7.65. The molecule has 0 unspecified atom stereocenters. The van der Waals surface area contributed by atoms with Crippen LogP contribution in [-0.4, -0.2) is 46.6 Å². The van der Waals surface area contributed by atoms with Gasteiger partial charge in [0.1, 0.15) is 12.4 Å². The first-order valence-electron chi connectivity index (χ1n) is 7.27. The van der Waals surface area contributed by atoms with E-state index in [1.807, 2.05) is 6.92 Å². The fourth-order valence-electron chi connectivity index (χ4n) is 2.13. The first-order chi connectivity index (χ1) is 11.3. The molecule has 2 rings (SSSR count). The third-order valence-electron chi connectivity index (χ3n) is 3.38. The number of carbonyl (C=O) groups excluding carboxylic acids is 4. The number of unbranched alkanes of at least 4 members (excludes halogenated alkanes) is 1. The van der Waals surface area contributed by atoms with Gasteiger partial charge in [-0.25, -0.2) is 14.1 Å². The molecule has 128 valence electrons. The highest BCUT2D eigenvalue weighted by Gasteiger charge is 2.44. The van der Waals surface area contributed by atoms with E-state index < -0.39 is 36.1 Å². The lowest BCUT2D eigenvalue weighted by Crippen LogP contribution is -2.39. The molecule has 1 heterocycles. The Morgan fingerprint density at radius 2 is 1.88 bits per heavy atom. The minimum Gasteiger partial charge on any atom is -0.322 e. The van der Waals surface area contributed by atoms with Gasteiger partial charge in [-0.1, -0.05) is 24.9 Å². The van der Waals surface area contributed by atoms with Crippen LogP contribution in [0.3, 0.4) is 0 Å². The maximum atomic E-state index is 13.6. The summed E-state index contributed by atoms with van der Waals surface area (Å²) in [6, 6.07) is 2.80. The molecule has 0 spiro atoms. The van der Waals surface area contributed by atoms with Crippen LogP contribution in [0.4, 0.5) is 14.9 Å². The first kappa shape index (κ1) is 17.9. The number of urea groups is 1. The predicted molar refractivity (Wildman–Crippen MR) is 83.8 cm³/mol. The van der Waals surface area contributed by atoms with E-state index in [1.54, 1.807) is 0 Å². The molecule has 1 fully saturated rings. The van der Waals surface area contributed by atoms with Crippen LogP contribution in [0.2, 0.25) is 5.02 Å². The Kier molecular flexibility index (Phi) is 5.50. The lowest BCUT2D eigenvalue weighted by Gasteiger charge is -2.15. The van der Waals surface area contributed by atoms with Crippen LogP contribution in [0.15, 0.2) is 18.2 Å². The molecule has 0 saturated carbocycles. The number of anilines is 1. The van der Waals surface area contributed by atoms with Crippen molar-refractivity contribution in [3.8, 4) is 0 Å². The van der Waals surface area contributed by atoms with Gasteiger partial charge in [-0.3, -0.25) is 19.3 Å². The Balaban J connectivity index is 2.04. The van der Waals surface area contributed by atoms with Crippen molar-refractivity contribution in [2.75, 3.05) is 18.4 Å². The zero-order chi connectivity index (χ0) is 17.9. The highest BCUT2D eigenvalue weighted by molar-refractivity contribution is 6.45. The van der Waals surface area contributed by atoms with E-state index in [0.717, 1.165) is 17.4 Å². The van der Waals surface area contributed by atoms with Crippen molar-refractivity contribution in [1.29, 1.82) is 0 Å². The van der Waals surface area contributed by atoms with E-state index in [-0.39, 0.29) is 17.3 Å². The van der Waals surface area contributed by atoms with Crippen molar-refractivity contribution in [3.05, 3.63) is 29.0 Å². The molecular weight excluding hydrogens is 341 g/mol. The van der Waals surface area contributed by atoms with Crippen LogP contribution in [0.5, 0.6) is 0 Å². The molecule has 1 aliphatic rings. The highest BCUT2D eigenvalue weighted by atomic mass is 35.5. The van der Waals surface area contributed by atoms with Crippen LogP contribution >= 0.6 is 11.6 Å². The number of imide groups is 2. The molecule has 0 atom stereocenters. The van der Waals surface area contributed by atoms with Crippen molar-refractivity contribution < 1.29 is 23.6 Å². The van der Waals surface area contributed by atoms with E-state index in [4.69, 9.17) is 11.6 Å². The SMILES string of the molecule is CCCCN1C(=O)C(=O)N(CC(=O)Nc2ccc(Cl)cc2F)C1=O. The van der Waals surface area contributed by atoms with E-state index in [9.17, 15) is 23.6 Å². The fraction of sp³-hybridized carbons (Fsp3) is 0.333. The molecule has 1 saturated heterocycles. The highest BCUT2D eigenvalue weighted by Crippen LogP contribution is 2.19. The number of carbonyl (C=O) groups is 4. The molecule has 1 aromatic rings. The molecule has 1 aromatic carbocycles. The minimum absolute atomic E-state index is 0.115. The van der Waals surface area contributed by atoms with Crippen molar-refractivity contribution in [1.82, 2.24) is 9.80 Å². The number of rotatable bonds is 6. The van der Waals surface area contributed by atoms with E-state index in [2.05, 4.69) is 5.32 Å². The second-order valence-electron chi connectivity index (χ2n) is 5.16. The predicted octanol–water partition coefficient (Wildman–Crippen LogP) is 2.01. The van der Waals surface area contributed by atoms with Gasteiger partial charge in [0.25, 0.3) is 0 Å². The number of nitrogens with one attached hydrogen (secondary N) is 1. The van der Waals surface area contributed by atoms with E-state index in [1.165, 1.54) is 12.1 Å². The summed E-state index contributed by atoms with van der Waals surface area (Å²) in [4.78, 5) is 49.0. The Hall–Kier alpha value is -2.48. The maximum Gasteiger partial charge on any atom is 0.334 e. The molecule has 9 heteroatoms. The number of hydrogen-bond donors (Lipinski definition) is 1. The monoisotopic (exact) mass is 355 g/mol. The number of hydrogen-bond acceptors (Lipinski definition) is 4. The van der Waals surface area contributed by atoms with Crippen molar-refractivity contribution in [3.63, 3.8) is 0 Å². The van der Waals surface area contributed by atoms with Gasteiger partial charge >= 0.3 is 17.8 Å². The van der Waals surface area contributed by atoms with Crippen molar-refractivity contribution in [2.24, 2.45) is 0 Å². The summed E-state index contributed by atoms with van der Waals surface area (Å²) < 4.78 is 13.6. The quantitative estimate of drug-likeness (QED) is 0.624. The van der Waals surface area contributed by atoms with Crippen molar-refractivity contribution in [2.45, 2.75) is 19.8 Å². The number of benzene rings is 1. The van der Waals surface area contributed by atoms with Crippen molar-refractivity contribution >= 4 is 41.0 Å². The van der Waals surface area contributed by atoms with Gasteiger partial charge < -0.3 is 5.32 Å². The average molecular weight is 356 g/mol. The maximum absolute atomic E-state index is 13.6. The summed E-state index contributed by atoms with van der Waals surface area (Å²) in [6.07, 6.45) is 1.29. The topological polar surface area (TPSA) is 86.8 Å². The minimum atomic E-state index is -1.07. The molecule has 0 aliphatic carbocycles. The summed E-state index contributed by atoms with van der Waals surface area (Å²) in [7, 11) is 0. The third kappa shape index (κ3) is 3.70. The fourth-order valence-corrected chi connectivity index (χ4v) is 2.29. The zero-order valence-corrected chi connectivity index (χ0v) is 13.6. The molecule has 24 heavy (non-hydrogen) atoms. The number of amides is 5. The Morgan fingerprint density at radius 1 is 1.21 bits per heavy atom. The molecule has 5 amide bonds. The lowest BCUT2D eigenvalue weighted by molar-refractivity contribution is -0.143. The summed E-state index contributed by atoms with van der Waals surface area (Å²) in [5, 5.41) is 2.39. The van der Waals surface area contributed by atoms with Gasteiger partial charge in [-0.15, -0.1) is 0 Å². The third-order valence-corrected chi connectivity index (χ3v) is 3.61. The van der Waals surface area contributed by atoms with Gasteiger partial charge in [-0.05, 0) is 24.6 Å². The number of nitrogens with zero attached hydrogens (tertiary/aromatic N) is 2. The van der Waals surface area contributed by atoms with Gasteiger partial charge in [-0.2, -0.15) is 0 Å². The molecule has 1 N–H and O–H groups in total. The van der Waals surface area contributed by atoms with Crippen LogP contribution in [-0.2, 0) is 14.4 Å². The Labute approximate surface area is 142 Å². The Bertz CT molecular complexity index is 710. The Morgan fingerprint density at radius 3 is 2.50 bits per heavy atom. The standard InChI is InChI=1S/C15H15ClFN3O4/c1-2-3-6-19-13(22)14(23)20(15(19)24)8-12(21)18-11-5-4-9(16)7-10(11)17/h4-5,7H,2-3,6,8H2,1H3,(H,18,21). The van der Waals surface area contributed by atoms with Gasteiger partial charge in [0, 0.05) is 11.6 Å². The smallest absolute Gasteiger partial charge is 0.322 e. The van der Waals surface area contributed by atoms with Crippen LogP contribution in [0.25, 0.3) is 0 Å². The average Bonchev–Trinajstić information content (AvgIpc) is 2.72. The van der Waals surface area contributed by atoms with Crippen LogP contribution in [0, 0.1) is 5.82 Å². The normalized spacial score (nSPS) is 14.5. The van der Waals surface area contributed by atoms with Gasteiger partial charge in [0.05, 0.1) is 5.69 Å². The second kappa shape index (κ2) is 7.39. The van der Waals surface area contributed by atoms with E-state index >= 15 is 0 Å². The van der Waals surface area contributed by atoms with Gasteiger partial charge in [0.2, 0.25) is 5.91 Å². The molecule has 7 nitrogen and oxygen atoms in total. The summed E-state index contributed by atoms with van der Waals surface area (Å²) in [6.45, 7) is 1.32. The van der Waals surface area contributed by atoms with E-state index in [0.29, 0.717) is 11.3 Å². The van der Waals surface area contributed by atoms with Crippen LogP contribution < -0.4 is 5.32 Å². The van der Waals surface area contributed by atoms with Crippen LogP contribution in [0.1, 0.15) is 19.8 Å². The molecule has 0 bridgehead atoms. The largest absolute Gasteiger partial charge is 0.334 e. The summed E-state index contributed by atoms with van der Waals surface area (Å²) in [5.41, 5.74) is -0.141. The molecular formula is C15H15ClFN3O4. The zero-order valence-electron chi connectivity index (χ0n) is 12.8. The molecule has 0 radical (unpaired) electrons. The second-order valence-corrected chi connectivity index (χ2v) is 5.59. The number of halogens is 2. The summed E-state index contributed by atoms with van der Waals surface area (Å²) >= 11 is 5.61. The summed E-state index contributed by atoms with van der Waals surface area (Å²) in [5.74, 6) is -3.58.